The topological polar surface area (TPSA) is 75.7 Å². The summed E-state index contributed by atoms with van der Waals surface area (Å²) in [6.45, 7) is 7.31. The number of carbonyl (C=O) groups excluding carboxylic acids is 3. The first-order valence-corrected chi connectivity index (χ1v) is 7.93. The minimum absolute atomic E-state index is 0.0202. The second-order valence-electron chi connectivity index (χ2n) is 5.38. The first-order valence-electron chi connectivity index (χ1n) is 6.94. The van der Waals surface area contributed by atoms with Crippen LogP contribution in [-0.2, 0) is 19.1 Å². The van der Waals surface area contributed by atoms with Gasteiger partial charge >= 0.3 is 5.97 Å². The van der Waals surface area contributed by atoms with Crippen molar-refractivity contribution in [3.63, 3.8) is 0 Å². The maximum absolute atomic E-state index is 12.2. The Balaban J connectivity index is 1.96. The summed E-state index contributed by atoms with van der Waals surface area (Å²) in [7, 11) is 0. The van der Waals surface area contributed by atoms with Crippen LogP contribution in [0.1, 0.15) is 26.7 Å². The van der Waals surface area contributed by atoms with Gasteiger partial charge in [0.15, 0.2) is 6.10 Å². The van der Waals surface area contributed by atoms with Crippen molar-refractivity contribution in [2.24, 2.45) is 0 Å². The lowest BCUT2D eigenvalue weighted by molar-refractivity contribution is -0.161. The molecule has 7 heteroatoms. The van der Waals surface area contributed by atoms with Gasteiger partial charge in [-0.25, -0.2) is 4.79 Å². The van der Waals surface area contributed by atoms with Gasteiger partial charge in [-0.15, -0.1) is 18.3 Å². The van der Waals surface area contributed by atoms with Gasteiger partial charge in [-0.05, 0) is 20.3 Å². The molecule has 0 aromatic rings. The number of carbonyl (C=O) groups is 3. The van der Waals surface area contributed by atoms with Crippen molar-refractivity contribution in [2.45, 2.75) is 43.7 Å². The number of esters is 1. The molecule has 0 radical (unpaired) electrons. The zero-order valence-corrected chi connectivity index (χ0v) is 13.1. The molecule has 0 saturated carbocycles. The number of fused-ring (bicyclic) bond motifs is 1. The number of ether oxygens (including phenoxy) is 1. The fourth-order valence-corrected chi connectivity index (χ4v) is 4.03. The predicted octanol–water partition coefficient (Wildman–Crippen LogP) is 0.674. The van der Waals surface area contributed by atoms with E-state index in [2.05, 4.69) is 11.9 Å². The summed E-state index contributed by atoms with van der Waals surface area (Å²) in [6, 6.07) is -0.593. The van der Waals surface area contributed by atoms with Crippen LogP contribution in [0.25, 0.3) is 0 Å². The van der Waals surface area contributed by atoms with E-state index in [-0.39, 0.29) is 16.7 Å². The molecule has 2 heterocycles. The van der Waals surface area contributed by atoms with Crippen LogP contribution in [0.15, 0.2) is 12.7 Å². The Morgan fingerprint density at radius 1 is 1.67 bits per heavy atom. The van der Waals surface area contributed by atoms with E-state index >= 15 is 0 Å². The second kappa shape index (κ2) is 6.09. The summed E-state index contributed by atoms with van der Waals surface area (Å²) in [5.41, 5.74) is 0. The van der Waals surface area contributed by atoms with Gasteiger partial charge in [-0.3, -0.25) is 9.59 Å². The molecule has 0 aliphatic carbocycles. The number of hydrogen-bond donors (Lipinski definition) is 1. The molecule has 2 amide bonds. The van der Waals surface area contributed by atoms with Gasteiger partial charge in [0.25, 0.3) is 5.91 Å². The SMILES string of the molecule is C=CCNC(=O)[C@@H](C)OC(=O)[C@H]1CS[C@@]2(C)CCC(=O)N12. The molecule has 116 valence electrons. The monoisotopic (exact) mass is 312 g/mol. The molecular formula is C14H20N2O4S. The number of rotatable bonds is 5. The highest BCUT2D eigenvalue weighted by Crippen LogP contribution is 2.47. The van der Waals surface area contributed by atoms with Crippen LogP contribution in [0.5, 0.6) is 0 Å². The van der Waals surface area contributed by atoms with E-state index < -0.39 is 18.1 Å². The maximum Gasteiger partial charge on any atom is 0.330 e. The van der Waals surface area contributed by atoms with Crippen LogP contribution >= 0.6 is 11.8 Å². The van der Waals surface area contributed by atoms with Gasteiger partial charge in [-0.1, -0.05) is 6.08 Å². The van der Waals surface area contributed by atoms with E-state index in [0.29, 0.717) is 18.7 Å². The van der Waals surface area contributed by atoms with E-state index in [4.69, 9.17) is 4.74 Å². The van der Waals surface area contributed by atoms with E-state index in [1.165, 1.54) is 6.92 Å². The van der Waals surface area contributed by atoms with Gasteiger partial charge in [-0.2, -0.15) is 0 Å². The third-order valence-electron chi connectivity index (χ3n) is 3.80. The van der Waals surface area contributed by atoms with Crippen molar-refractivity contribution in [1.29, 1.82) is 0 Å². The first kappa shape index (κ1) is 15.9. The first-order chi connectivity index (χ1) is 9.89. The van der Waals surface area contributed by atoms with Crippen molar-refractivity contribution in [3.8, 4) is 0 Å². The van der Waals surface area contributed by atoms with Gasteiger partial charge in [0.1, 0.15) is 6.04 Å². The third-order valence-corrected chi connectivity index (χ3v) is 5.30. The van der Waals surface area contributed by atoms with Crippen molar-refractivity contribution in [3.05, 3.63) is 12.7 Å². The van der Waals surface area contributed by atoms with E-state index in [9.17, 15) is 14.4 Å². The largest absolute Gasteiger partial charge is 0.451 e. The Labute approximate surface area is 128 Å². The third kappa shape index (κ3) is 3.07. The zero-order valence-electron chi connectivity index (χ0n) is 12.3. The average molecular weight is 312 g/mol. The molecule has 0 aromatic carbocycles. The minimum atomic E-state index is -0.882. The highest BCUT2D eigenvalue weighted by atomic mass is 32.2. The summed E-state index contributed by atoms with van der Waals surface area (Å²) in [4.78, 5) is 37.2. The van der Waals surface area contributed by atoms with Crippen LogP contribution < -0.4 is 5.32 Å². The lowest BCUT2D eigenvalue weighted by Crippen LogP contribution is -2.48. The molecule has 6 nitrogen and oxygen atoms in total. The number of hydrogen-bond acceptors (Lipinski definition) is 5. The predicted molar refractivity (Wildman–Crippen MR) is 79.5 cm³/mol. The van der Waals surface area contributed by atoms with Crippen LogP contribution in [0.4, 0.5) is 0 Å². The van der Waals surface area contributed by atoms with E-state index in [1.807, 2.05) is 6.92 Å². The summed E-state index contributed by atoms with van der Waals surface area (Å²) in [5.74, 6) is -0.387. The Hall–Kier alpha value is -1.50. The number of thioether (sulfide) groups is 1. The van der Waals surface area contributed by atoms with E-state index in [1.54, 1.807) is 22.7 Å². The van der Waals surface area contributed by atoms with Gasteiger partial charge in [0.05, 0.1) is 4.87 Å². The van der Waals surface area contributed by atoms with Crippen LogP contribution in [0, 0.1) is 0 Å². The van der Waals surface area contributed by atoms with Gasteiger partial charge < -0.3 is 15.0 Å². The zero-order chi connectivity index (χ0) is 15.6. The molecule has 0 spiro atoms. The Morgan fingerprint density at radius 2 is 2.38 bits per heavy atom. The molecule has 0 bridgehead atoms. The van der Waals surface area contributed by atoms with Crippen LogP contribution in [0.2, 0.25) is 0 Å². The molecule has 21 heavy (non-hydrogen) atoms. The Bertz CT molecular complexity index is 482. The van der Waals surface area contributed by atoms with Crippen molar-refractivity contribution in [1.82, 2.24) is 10.2 Å². The number of nitrogens with zero attached hydrogens (tertiary/aromatic N) is 1. The standard InChI is InChI=1S/C14H20N2O4S/c1-4-7-15-12(18)9(2)20-13(19)10-8-21-14(3)6-5-11(17)16(10)14/h4,9-10H,1,5-8H2,2-3H3,(H,15,18)/t9-,10-,14+/m1/s1. The average Bonchev–Trinajstić information content (AvgIpc) is 2.93. The van der Waals surface area contributed by atoms with Crippen molar-refractivity contribution >= 4 is 29.5 Å². The molecule has 3 atom stereocenters. The lowest BCUT2D eigenvalue weighted by atomic mass is 10.2. The summed E-state index contributed by atoms with van der Waals surface area (Å²) in [5, 5.41) is 2.57. The van der Waals surface area contributed by atoms with E-state index in [0.717, 1.165) is 6.42 Å². The fraction of sp³-hybridized carbons (Fsp3) is 0.643. The number of nitrogens with one attached hydrogen (secondary N) is 1. The highest BCUT2D eigenvalue weighted by molar-refractivity contribution is 8.01. The van der Waals surface area contributed by atoms with Crippen LogP contribution in [0.3, 0.4) is 0 Å². The summed E-state index contributed by atoms with van der Waals surface area (Å²) in [6.07, 6.45) is 1.87. The normalized spacial score (nSPS) is 29.0. The molecule has 1 N–H and O–H groups in total. The molecule has 2 fully saturated rings. The van der Waals surface area contributed by atoms with Gasteiger partial charge in [0, 0.05) is 18.7 Å². The molecule has 2 rings (SSSR count). The Morgan fingerprint density at radius 3 is 3.05 bits per heavy atom. The fourth-order valence-electron chi connectivity index (χ4n) is 2.62. The number of amides is 2. The Kier molecular flexibility index (Phi) is 4.61. The van der Waals surface area contributed by atoms with Crippen molar-refractivity contribution < 1.29 is 19.1 Å². The lowest BCUT2D eigenvalue weighted by Gasteiger charge is -2.29. The van der Waals surface area contributed by atoms with Crippen LogP contribution in [-0.4, -0.2) is 52.0 Å². The quantitative estimate of drug-likeness (QED) is 0.597. The molecule has 2 aliphatic rings. The molecule has 0 unspecified atom stereocenters. The van der Waals surface area contributed by atoms with Crippen molar-refractivity contribution in [2.75, 3.05) is 12.3 Å². The summed E-state index contributed by atoms with van der Waals surface area (Å²) >= 11 is 1.60. The maximum atomic E-state index is 12.2. The van der Waals surface area contributed by atoms with Gasteiger partial charge in [0.2, 0.25) is 5.91 Å². The molecular weight excluding hydrogens is 292 g/mol. The highest BCUT2D eigenvalue weighted by Gasteiger charge is 2.53. The molecule has 2 saturated heterocycles. The smallest absolute Gasteiger partial charge is 0.330 e. The summed E-state index contributed by atoms with van der Waals surface area (Å²) < 4.78 is 5.20. The minimum Gasteiger partial charge on any atom is -0.451 e. The molecule has 2 aliphatic heterocycles. The second-order valence-corrected chi connectivity index (χ2v) is 6.88. The molecule has 0 aromatic heterocycles.